The lowest BCUT2D eigenvalue weighted by molar-refractivity contribution is -0.274. The van der Waals surface area contributed by atoms with E-state index in [9.17, 15) is 13.2 Å². The standard InChI is InChI=1S/C11H8BrF3N4O/c12-6-1-2-7(8(5-6)20-11(13,14)15)17-10-4-3-9(16)18-19-10/h1-5H,(H2,16,18)(H,17,19). The summed E-state index contributed by atoms with van der Waals surface area (Å²) in [6, 6.07) is 7.14. The Kier molecular flexibility index (Phi) is 3.98. The van der Waals surface area contributed by atoms with Gasteiger partial charge in [0.1, 0.15) is 5.82 Å². The van der Waals surface area contributed by atoms with Gasteiger partial charge >= 0.3 is 6.36 Å². The maximum absolute atomic E-state index is 12.3. The first-order valence-electron chi connectivity index (χ1n) is 5.25. The molecule has 0 aliphatic carbocycles. The average molecular weight is 349 g/mol. The highest BCUT2D eigenvalue weighted by atomic mass is 79.9. The van der Waals surface area contributed by atoms with Crippen LogP contribution in [-0.2, 0) is 0 Å². The van der Waals surface area contributed by atoms with Crippen molar-refractivity contribution in [3.63, 3.8) is 0 Å². The highest BCUT2D eigenvalue weighted by molar-refractivity contribution is 9.10. The van der Waals surface area contributed by atoms with Gasteiger partial charge in [0.25, 0.3) is 0 Å². The summed E-state index contributed by atoms with van der Waals surface area (Å²) in [7, 11) is 0. The predicted octanol–water partition coefficient (Wildman–Crippen LogP) is 3.46. The fourth-order valence-electron chi connectivity index (χ4n) is 1.36. The topological polar surface area (TPSA) is 73.1 Å². The highest BCUT2D eigenvalue weighted by Gasteiger charge is 2.32. The Morgan fingerprint density at radius 2 is 1.90 bits per heavy atom. The highest BCUT2D eigenvalue weighted by Crippen LogP contribution is 2.34. The SMILES string of the molecule is Nc1ccc(Nc2ccc(Br)cc2OC(F)(F)F)nn1. The number of hydrogen-bond donors (Lipinski definition) is 2. The van der Waals surface area contributed by atoms with Crippen LogP contribution >= 0.6 is 15.9 Å². The number of halogens is 4. The fourth-order valence-corrected chi connectivity index (χ4v) is 1.70. The minimum Gasteiger partial charge on any atom is -0.404 e. The van der Waals surface area contributed by atoms with E-state index in [0.29, 0.717) is 4.47 Å². The Bertz CT molecular complexity index is 604. The first-order chi connectivity index (χ1) is 9.33. The number of hydrogen-bond acceptors (Lipinski definition) is 5. The average Bonchev–Trinajstić information content (AvgIpc) is 2.33. The number of aromatic nitrogens is 2. The van der Waals surface area contributed by atoms with Crippen LogP contribution in [0, 0.1) is 0 Å². The molecular weight excluding hydrogens is 341 g/mol. The van der Waals surface area contributed by atoms with Gasteiger partial charge in [0.2, 0.25) is 0 Å². The summed E-state index contributed by atoms with van der Waals surface area (Å²) < 4.78 is 41.4. The molecule has 0 saturated carbocycles. The summed E-state index contributed by atoms with van der Waals surface area (Å²) in [4.78, 5) is 0. The van der Waals surface area contributed by atoms with Crippen molar-refractivity contribution in [1.29, 1.82) is 0 Å². The maximum Gasteiger partial charge on any atom is 0.573 e. The molecule has 0 saturated heterocycles. The number of benzene rings is 1. The second-order valence-corrected chi connectivity index (χ2v) is 4.57. The zero-order valence-electron chi connectivity index (χ0n) is 9.78. The van der Waals surface area contributed by atoms with Crippen LogP contribution in [0.3, 0.4) is 0 Å². The van der Waals surface area contributed by atoms with Crippen molar-refractivity contribution in [2.45, 2.75) is 6.36 Å². The molecule has 0 aliphatic heterocycles. The Balaban J connectivity index is 2.28. The number of nitrogens with two attached hydrogens (primary N) is 1. The third-order valence-electron chi connectivity index (χ3n) is 2.12. The van der Waals surface area contributed by atoms with Crippen LogP contribution in [0.4, 0.5) is 30.5 Å². The zero-order chi connectivity index (χ0) is 14.8. The van der Waals surface area contributed by atoms with E-state index in [-0.39, 0.29) is 23.1 Å². The van der Waals surface area contributed by atoms with Gasteiger partial charge < -0.3 is 15.8 Å². The van der Waals surface area contributed by atoms with Crippen molar-refractivity contribution in [3.05, 3.63) is 34.8 Å². The van der Waals surface area contributed by atoms with Gasteiger partial charge in [-0.25, -0.2) is 0 Å². The van der Waals surface area contributed by atoms with Crippen LogP contribution in [0.2, 0.25) is 0 Å². The summed E-state index contributed by atoms with van der Waals surface area (Å²) in [6.07, 6.45) is -4.79. The molecule has 1 aromatic heterocycles. The molecule has 106 valence electrons. The van der Waals surface area contributed by atoms with E-state index in [1.807, 2.05) is 0 Å². The Labute approximate surface area is 120 Å². The molecular formula is C11H8BrF3N4O. The summed E-state index contributed by atoms with van der Waals surface area (Å²) >= 11 is 3.08. The van der Waals surface area contributed by atoms with Gasteiger partial charge in [-0.2, -0.15) is 0 Å². The largest absolute Gasteiger partial charge is 0.573 e. The van der Waals surface area contributed by atoms with Crippen molar-refractivity contribution in [3.8, 4) is 5.75 Å². The molecule has 3 N–H and O–H groups in total. The summed E-state index contributed by atoms with van der Waals surface area (Å²) in [6.45, 7) is 0. The minimum atomic E-state index is -4.79. The van der Waals surface area contributed by atoms with Crippen LogP contribution < -0.4 is 15.8 Å². The number of ether oxygens (including phenoxy) is 1. The molecule has 0 amide bonds. The number of anilines is 3. The lowest BCUT2D eigenvalue weighted by Gasteiger charge is -2.14. The van der Waals surface area contributed by atoms with Crippen LogP contribution in [0.5, 0.6) is 5.75 Å². The molecule has 2 aromatic rings. The van der Waals surface area contributed by atoms with E-state index in [2.05, 4.69) is 36.2 Å². The van der Waals surface area contributed by atoms with Crippen LogP contribution in [0.25, 0.3) is 0 Å². The molecule has 0 aliphatic rings. The van der Waals surface area contributed by atoms with Gasteiger partial charge in [0, 0.05) is 4.47 Å². The smallest absolute Gasteiger partial charge is 0.404 e. The Hall–Kier alpha value is -2.03. The molecule has 1 aromatic carbocycles. The van der Waals surface area contributed by atoms with E-state index < -0.39 is 6.36 Å². The third-order valence-corrected chi connectivity index (χ3v) is 2.61. The molecule has 0 unspecified atom stereocenters. The third kappa shape index (κ3) is 3.98. The van der Waals surface area contributed by atoms with Crippen molar-refractivity contribution in [2.75, 3.05) is 11.1 Å². The molecule has 1 heterocycles. The van der Waals surface area contributed by atoms with Gasteiger partial charge in [-0.3, -0.25) is 0 Å². The Morgan fingerprint density at radius 1 is 1.15 bits per heavy atom. The fraction of sp³-hybridized carbons (Fsp3) is 0.0909. The minimum absolute atomic E-state index is 0.101. The van der Waals surface area contributed by atoms with Gasteiger partial charge in [-0.1, -0.05) is 15.9 Å². The molecule has 20 heavy (non-hydrogen) atoms. The molecule has 5 nitrogen and oxygen atoms in total. The monoisotopic (exact) mass is 348 g/mol. The quantitative estimate of drug-likeness (QED) is 0.888. The van der Waals surface area contributed by atoms with Crippen LogP contribution in [0.1, 0.15) is 0 Å². The summed E-state index contributed by atoms with van der Waals surface area (Å²) in [5, 5.41) is 9.96. The number of rotatable bonds is 3. The molecule has 0 atom stereocenters. The van der Waals surface area contributed by atoms with E-state index in [0.717, 1.165) is 0 Å². The van der Waals surface area contributed by atoms with Crippen LogP contribution in [0.15, 0.2) is 34.8 Å². The lowest BCUT2D eigenvalue weighted by atomic mass is 10.3. The van der Waals surface area contributed by atoms with Crippen molar-refractivity contribution in [1.82, 2.24) is 10.2 Å². The second kappa shape index (κ2) is 5.53. The van der Waals surface area contributed by atoms with Gasteiger partial charge in [0.15, 0.2) is 11.6 Å². The Morgan fingerprint density at radius 3 is 2.50 bits per heavy atom. The molecule has 2 rings (SSSR count). The van der Waals surface area contributed by atoms with Gasteiger partial charge in [-0.15, -0.1) is 23.4 Å². The van der Waals surface area contributed by atoms with Crippen molar-refractivity contribution in [2.24, 2.45) is 0 Å². The molecule has 0 bridgehead atoms. The van der Waals surface area contributed by atoms with E-state index in [4.69, 9.17) is 5.73 Å². The first-order valence-corrected chi connectivity index (χ1v) is 6.04. The summed E-state index contributed by atoms with van der Waals surface area (Å²) in [5.74, 6) is 0.0668. The molecule has 0 fully saturated rings. The second-order valence-electron chi connectivity index (χ2n) is 3.66. The lowest BCUT2D eigenvalue weighted by Crippen LogP contribution is -2.18. The number of nitrogens with zero attached hydrogens (tertiary/aromatic N) is 2. The van der Waals surface area contributed by atoms with E-state index >= 15 is 0 Å². The van der Waals surface area contributed by atoms with E-state index in [1.165, 1.54) is 24.3 Å². The first kappa shape index (κ1) is 14.4. The van der Waals surface area contributed by atoms with Gasteiger partial charge in [0.05, 0.1) is 5.69 Å². The molecule has 0 radical (unpaired) electrons. The summed E-state index contributed by atoms with van der Waals surface area (Å²) in [5.41, 5.74) is 5.47. The number of nitrogen functional groups attached to an aromatic ring is 1. The maximum atomic E-state index is 12.3. The normalized spacial score (nSPS) is 11.2. The number of nitrogens with one attached hydrogen (secondary N) is 1. The van der Waals surface area contributed by atoms with Crippen LogP contribution in [-0.4, -0.2) is 16.6 Å². The molecule has 0 spiro atoms. The van der Waals surface area contributed by atoms with E-state index in [1.54, 1.807) is 6.07 Å². The zero-order valence-corrected chi connectivity index (χ0v) is 11.4. The predicted molar refractivity (Wildman–Crippen MR) is 70.6 cm³/mol. The van der Waals surface area contributed by atoms with Gasteiger partial charge in [-0.05, 0) is 30.3 Å². The number of alkyl halides is 3. The molecule has 9 heteroatoms. The van der Waals surface area contributed by atoms with Crippen molar-refractivity contribution >= 4 is 33.3 Å². The van der Waals surface area contributed by atoms with Crippen molar-refractivity contribution < 1.29 is 17.9 Å².